The Morgan fingerprint density at radius 2 is 2.19 bits per heavy atom. The van der Waals surface area contributed by atoms with Crippen LogP contribution in [0.4, 0.5) is 5.82 Å². The molecular formula is C17H24N4. The van der Waals surface area contributed by atoms with Crippen LogP contribution in [0.2, 0.25) is 0 Å². The van der Waals surface area contributed by atoms with Crippen molar-refractivity contribution in [2.24, 2.45) is 5.92 Å². The van der Waals surface area contributed by atoms with E-state index in [1.165, 1.54) is 25.7 Å². The van der Waals surface area contributed by atoms with E-state index in [2.05, 4.69) is 21.3 Å². The molecule has 0 spiro atoms. The van der Waals surface area contributed by atoms with Crippen LogP contribution < -0.4 is 10.2 Å². The number of hydrogen-bond acceptors (Lipinski definition) is 4. The predicted octanol–water partition coefficient (Wildman–Crippen LogP) is 2.54. The monoisotopic (exact) mass is 284 g/mol. The average Bonchev–Trinajstić information content (AvgIpc) is 3.01. The highest BCUT2D eigenvalue weighted by Crippen LogP contribution is 2.30. The van der Waals surface area contributed by atoms with Crippen LogP contribution in [-0.4, -0.2) is 30.7 Å². The maximum absolute atomic E-state index is 9.47. The molecule has 1 aromatic heterocycles. The first-order valence-electron chi connectivity index (χ1n) is 8.05. The van der Waals surface area contributed by atoms with Gasteiger partial charge < -0.3 is 10.2 Å². The summed E-state index contributed by atoms with van der Waals surface area (Å²) in [6.45, 7) is 7.23. The first-order valence-corrected chi connectivity index (χ1v) is 8.05. The maximum Gasteiger partial charge on any atom is 0.147 e. The van der Waals surface area contributed by atoms with E-state index in [4.69, 9.17) is 0 Å². The minimum Gasteiger partial charge on any atom is -0.355 e. The van der Waals surface area contributed by atoms with Crippen LogP contribution in [0.25, 0.3) is 0 Å². The molecule has 4 nitrogen and oxygen atoms in total. The van der Waals surface area contributed by atoms with Crippen molar-refractivity contribution in [2.75, 3.05) is 24.5 Å². The third-order valence-electron chi connectivity index (χ3n) is 4.86. The van der Waals surface area contributed by atoms with Crippen molar-refractivity contribution in [3.05, 3.63) is 22.9 Å². The van der Waals surface area contributed by atoms with Crippen LogP contribution in [0.1, 0.15) is 42.5 Å². The second-order valence-corrected chi connectivity index (χ2v) is 6.44. The summed E-state index contributed by atoms with van der Waals surface area (Å²) in [6.07, 6.45) is 5.08. The molecule has 2 unspecified atom stereocenters. The Morgan fingerprint density at radius 1 is 1.33 bits per heavy atom. The second-order valence-electron chi connectivity index (χ2n) is 6.44. The fraction of sp³-hybridized carbons (Fsp3) is 0.647. The summed E-state index contributed by atoms with van der Waals surface area (Å²) in [5.41, 5.74) is 2.80. The first-order chi connectivity index (χ1) is 10.2. The number of anilines is 1. The van der Waals surface area contributed by atoms with E-state index in [9.17, 15) is 5.26 Å². The summed E-state index contributed by atoms with van der Waals surface area (Å²) in [6, 6.07) is 5.01. The summed E-state index contributed by atoms with van der Waals surface area (Å²) < 4.78 is 0. The molecule has 0 bridgehead atoms. The standard InChI is InChI=1S/C17H24N4/c1-12-9-13(2)20-17(15(12)10-18)21-8-4-5-14(11-21)16-6-3-7-19-16/h9,14,16,19H,3-8,11H2,1-2H3. The van der Waals surface area contributed by atoms with Crippen LogP contribution in [0, 0.1) is 31.1 Å². The zero-order chi connectivity index (χ0) is 14.8. The number of nitrogens with zero attached hydrogens (tertiary/aromatic N) is 3. The molecule has 3 rings (SSSR count). The molecule has 1 N–H and O–H groups in total. The Bertz CT molecular complexity index is 555. The van der Waals surface area contributed by atoms with Gasteiger partial charge in [0.1, 0.15) is 11.9 Å². The highest BCUT2D eigenvalue weighted by Gasteiger charge is 2.30. The number of nitrogens with one attached hydrogen (secondary N) is 1. The third-order valence-corrected chi connectivity index (χ3v) is 4.86. The largest absolute Gasteiger partial charge is 0.355 e. The van der Waals surface area contributed by atoms with E-state index in [-0.39, 0.29) is 0 Å². The fourth-order valence-corrected chi connectivity index (χ4v) is 3.83. The molecule has 0 amide bonds. The fourth-order valence-electron chi connectivity index (χ4n) is 3.83. The second kappa shape index (κ2) is 6.03. The molecule has 2 fully saturated rings. The normalized spacial score (nSPS) is 25.9. The Balaban J connectivity index is 1.84. The topological polar surface area (TPSA) is 52.0 Å². The highest BCUT2D eigenvalue weighted by molar-refractivity contribution is 5.58. The van der Waals surface area contributed by atoms with Gasteiger partial charge in [-0.25, -0.2) is 4.98 Å². The quantitative estimate of drug-likeness (QED) is 0.906. The smallest absolute Gasteiger partial charge is 0.147 e. The lowest BCUT2D eigenvalue weighted by molar-refractivity contribution is 0.328. The van der Waals surface area contributed by atoms with Gasteiger partial charge >= 0.3 is 0 Å². The summed E-state index contributed by atoms with van der Waals surface area (Å²) in [5.74, 6) is 1.59. The molecular weight excluding hydrogens is 260 g/mol. The van der Waals surface area contributed by atoms with Crippen LogP contribution in [0.15, 0.2) is 6.07 Å². The number of hydrogen-bond donors (Lipinski definition) is 1. The van der Waals surface area contributed by atoms with E-state index in [1.807, 2.05) is 19.9 Å². The number of rotatable bonds is 2. The van der Waals surface area contributed by atoms with Crippen molar-refractivity contribution < 1.29 is 0 Å². The lowest BCUT2D eigenvalue weighted by atomic mass is 9.89. The molecule has 0 saturated carbocycles. The minimum absolute atomic E-state index is 0.657. The number of piperidine rings is 1. The van der Waals surface area contributed by atoms with Gasteiger partial charge in [-0.15, -0.1) is 0 Å². The lowest BCUT2D eigenvalue weighted by Crippen LogP contribution is -2.44. The van der Waals surface area contributed by atoms with E-state index < -0.39 is 0 Å². The lowest BCUT2D eigenvalue weighted by Gasteiger charge is -2.37. The minimum atomic E-state index is 0.657. The summed E-state index contributed by atoms with van der Waals surface area (Å²) >= 11 is 0. The van der Waals surface area contributed by atoms with Gasteiger partial charge in [-0.1, -0.05) is 0 Å². The van der Waals surface area contributed by atoms with Crippen molar-refractivity contribution in [1.82, 2.24) is 10.3 Å². The van der Waals surface area contributed by atoms with Crippen molar-refractivity contribution in [3.63, 3.8) is 0 Å². The molecule has 2 saturated heterocycles. The summed E-state index contributed by atoms with van der Waals surface area (Å²) in [7, 11) is 0. The average molecular weight is 284 g/mol. The van der Waals surface area contributed by atoms with Gasteiger partial charge in [-0.3, -0.25) is 0 Å². The Labute approximate surface area is 127 Å². The molecule has 4 heteroatoms. The Kier molecular flexibility index (Phi) is 4.12. The van der Waals surface area contributed by atoms with Crippen LogP contribution in [0.3, 0.4) is 0 Å². The number of aromatic nitrogens is 1. The predicted molar refractivity (Wildman–Crippen MR) is 84.4 cm³/mol. The van der Waals surface area contributed by atoms with E-state index in [0.717, 1.165) is 42.3 Å². The molecule has 112 valence electrons. The van der Waals surface area contributed by atoms with Crippen LogP contribution in [0.5, 0.6) is 0 Å². The third kappa shape index (κ3) is 2.89. The number of aryl methyl sites for hydroxylation is 2. The molecule has 3 heterocycles. The molecule has 0 aliphatic carbocycles. The molecule has 2 aliphatic rings. The molecule has 21 heavy (non-hydrogen) atoms. The van der Waals surface area contributed by atoms with Crippen molar-refractivity contribution in [1.29, 1.82) is 5.26 Å². The summed E-state index contributed by atoms with van der Waals surface area (Å²) in [5, 5.41) is 13.1. The Morgan fingerprint density at radius 3 is 2.90 bits per heavy atom. The number of nitriles is 1. The Hall–Kier alpha value is -1.60. The highest BCUT2D eigenvalue weighted by atomic mass is 15.2. The molecule has 2 atom stereocenters. The van der Waals surface area contributed by atoms with Gasteiger partial charge in [0.25, 0.3) is 0 Å². The molecule has 0 aromatic carbocycles. The van der Waals surface area contributed by atoms with Gasteiger partial charge in [0.15, 0.2) is 0 Å². The van der Waals surface area contributed by atoms with Crippen LogP contribution >= 0.6 is 0 Å². The van der Waals surface area contributed by atoms with E-state index >= 15 is 0 Å². The van der Waals surface area contributed by atoms with Crippen molar-refractivity contribution >= 4 is 5.82 Å². The molecule has 1 aromatic rings. The van der Waals surface area contributed by atoms with Gasteiger partial charge in [-0.05, 0) is 63.6 Å². The van der Waals surface area contributed by atoms with Gasteiger partial charge in [0, 0.05) is 24.8 Å². The summed E-state index contributed by atoms with van der Waals surface area (Å²) in [4.78, 5) is 7.01. The number of pyridine rings is 1. The first kappa shape index (κ1) is 14.3. The van der Waals surface area contributed by atoms with Gasteiger partial charge in [0.05, 0.1) is 5.56 Å². The molecule has 2 aliphatic heterocycles. The molecule has 0 radical (unpaired) electrons. The van der Waals surface area contributed by atoms with Gasteiger partial charge in [0.2, 0.25) is 0 Å². The van der Waals surface area contributed by atoms with Crippen molar-refractivity contribution in [2.45, 2.75) is 45.6 Å². The van der Waals surface area contributed by atoms with Crippen molar-refractivity contribution in [3.8, 4) is 6.07 Å². The van der Waals surface area contributed by atoms with Gasteiger partial charge in [-0.2, -0.15) is 5.26 Å². The zero-order valence-electron chi connectivity index (χ0n) is 13.0. The zero-order valence-corrected chi connectivity index (χ0v) is 13.0. The van der Waals surface area contributed by atoms with E-state index in [1.54, 1.807) is 0 Å². The van der Waals surface area contributed by atoms with Crippen LogP contribution in [-0.2, 0) is 0 Å². The van der Waals surface area contributed by atoms with E-state index in [0.29, 0.717) is 12.0 Å². The SMILES string of the molecule is Cc1cc(C)c(C#N)c(N2CCCC(C3CCCN3)C2)n1. The maximum atomic E-state index is 9.47.